The summed E-state index contributed by atoms with van der Waals surface area (Å²) in [7, 11) is 1.61. The summed E-state index contributed by atoms with van der Waals surface area (Å²) in [5, 5.41) is 3.92. The number of hydrogen-bond donors (Lipinski definition) is 0. The van der Waals surface area contributed by atoms with Crippen molar-refractivity contribution in [2.75, 3.05) is 20.2 Å². The fourth-order valence-corrected chi connectivity index (χ4v) is 3.92. The van der Waals surface area contributed by atoms with Gasteiger partial charge in [0.1, 0.15) is 11.6 Å². The minimum absolute atomic E-state index is 0.0850. The van der Waals surface area contributed by atoms with Crippen LogP contribution in [-0.4, -0.2) is 41.1 Å². The molecule has 1 atom stereocenters. The van der Waals surface area contributed by atoms with Crippen LogP contribution in [0.2, 0.25) is 0 Å². The molecule has 3 aromatic rings. The lowest BCUT2D eigenvalue weighted by Gasteiger charge is -2.32. The third-order valence-electron chi connectivity index (χ3n) is 5.45. The Kier molecular flexibility index (Phi) is 6.07. The predicted molar refractivity (Wildman–Crippen MR) is 109 cm³/mol. The van der Waals surface area contributed by atoms with Gasteiger partial charge >= 0.3 is 0 Å². The van der Waals surface area contributed by atoms with Gasteiger partial charge in [-0.05, 0) is 37.0 Å². The van der Waals surface area contributed by atoms with Crippen LogP contribution in [0.5, 0.6) is 5.75 Å². The summed E-state index contributed by atoms with van der Waals surface area (Å²) >= 11 is 0. The first-order valence-electron chi connectivity index (χ1n) is 10.1. The number of carbonyl (C=O) groups is 1. The van der Waals surface area contributed by atoms with Gasteiger partial charge in [0, 0.05) is 25.1 Å². The minimum atomic E-state index is -0.379. The first kappa shape index (κ1) is 20.1. The Balaban J connectivity index is 1.39. The Morgan fingerprint density at radius 2 is 2.03 bits per heavy atom. The first-order chi connectivity index (χ1) is 14.6. The highest BCUT2D eigenvalue weighted by molar-refractivity contribution is 5.79. The van der Waals surface area contributed by atoms with Crippen molar-refractivity contribution in [2.24, 2.45) is 5.92 Å². The zero-order valence-corrected chi connectivity index (χ0v) is 16.9. The zero-order chi connectivity index (χ0) is 20.9. The van der Waals surface area contributed by atoms with Crippen LogP contribution in [0.3, 0.4) is 0 Å². The van der Waals surface area contributed by atoms with E-state index in [1.807, 2.05) is 29.2 Å². The van der Waals surface area contributed by atoms with Gasteiger partial charge in [0.2, 0.25) is 17.6 Å². The molecule has 0 aliphatic carbocycles. The van der Waals surface area contributed by atoms with Gasteiger partial charge in [0.15, 0.2) is 0 Å². The summed E-state index contributed by atoms with van der Waals surface area (Å²) in [6, 6.07) is 13.9. The summed E-state index contributed by atoms with van der Waals surface area (Å²) in [5.41, 5.74) is 1.21. The van der Waals surface area contributed by atoms with Crippen molar-refractivity contribution in [3.63, 3.8) is 0 Å². The number of carbonyl (C=O) groups excluding carboxylic acids is 1. The lowest BCUT2D eigenvalue weighted by Crippen LogP contribution is -2.41. The molecule has 1 fully saturated rings. The van der Waals surface area contributed by atoms with E-state index in [0.717, 1.165) is 30.7 Å². The van der Waals surface area contributed by atoms with Gasteiger partial charge in [-0.2, -0.15) is 4.98 Å². The van der Waals surface area contributed by atoms with Crippen molar-refractivity contribution in [1.82, 2.24) is 15.0 Å². The van der Waals surface area contributed by atoms with Crippen LogP contribution in [-0.2, 0) is 17.6 Å². The Labute approximate surface area is 174 Å². The number of methoxy groups -OCH3 is 1. The molecule has 30 heavy (non-hydrogen) atoms. The maximum atomic E-state index is 13.9. The van der Waals surface area contributed by atoms with Gasteiger partial charge in [0.05, 0.1) is 19.1 Å². The highest BCUT2D eigenvalue weighted by atomic mass is 19.1. The van der Waals surface area contributed by atoms with Crippen LogP contribution in [0.25, 0.3) is 11.4 Å². The predicted octanol–water partition coefficient (Wildman–Crippen LogP) is 3.91. The molecular weight excluding hydrogens is 385 g/mol. The second-order valence-corrected chi connectivity index (χ2v) is 7.53. The number of halogens is 1. The van der Waals surface area contributed by atoms with Crippen molar-refractivity contribution < 1.29 is 18.4 Å². The molecule has 0 N–H and O–H groups in total. The molecular formula is C23H24FN3O3. The molecule has 1 aliphatic rings. The highest BCUT2D eigenvalue weighted by Crippen LogP contribution is 2.25. The monoisotopic (exact) mass is 409 g/mol. The number of hydrogen-bond acceptors (Lipinski definition) is 5. The Morgan fingerprint density at radius 3 is 2.87 bits per heavy atom. The SMILES string of the molecule is COc1ccccc1CC(=O)N1CCCC(Cc2nc(-c3ccccc3F)no2)C1. The molecule has 6 nitrogen and oxygen atoms in total. The van der Waals surface area contributed by atoms with Crippen LogP contribution < -0.4 is 4.74 Å². The number of nitrogens with zero attached hydrogens (tertiary/aromatic N) is 3. The number of rotatable bonds is 6. The van der Waals surface area contributed by atoms with Gasteiger partial charge in [-0.1, -0.05) is 35.5 Å². The van der Waals surface area contributed by atoms with E-state index in [1.54, 1.807) is 25.3 Å². The Morgan fingerprint density at radius 1 is 1.23 bits per heavy atom. The maximum Gasteiger partial charge on any atom is 0.227 e. The quantitative estimate of drug-likeness (QED) is 0.618. The number of amides is 1. The Bertz CT molecular complexity index is 1020. The van der Waals surface area contributed by atoms with E-state index in [0.29, 0.717) is 30.8 Å². The highest BCUT2D eigenvalue weighted by Gasteiger charge is 2.26. The minimum Gasteiger partial charge on any atom is -0.496 e. The van der Waals surface area contributed by atoms with E-state index in [1.165, 1.54) is 6.07 Å². The second kappa shape index (κ2) is 9.07. The van der Waals surface area contributed by atoms with Crippen LogP contribution >= 0.6 is 0 Å². The molecule has 1 aliphatic heterocycles. The van der Waals surface area contributed by atoms with Crippen molar-refractivity contribution in [2.45, 2.75) is 25.7 Å². The van der Waals surface area contributed by atoms with Crippen LogP contribution in [0.4, 0.5) is 4.39 Å². The molecule has 0 bridgehead atoms. The largest absolute Gasteiger partial charge is 0.496 e. The number of aromatic nitrogens is 2. The molecule has 156 valence electrons. The number of piperidine rings is 1. The zero-order valence-electron chi connectivity index (χ0n) is 16.9. The average molecular weight is 409 g/mol. The van der Waals surface area contributed by atoms with Gasteiger partial charge in [-0.3, -0.25) is 4.79 Å². The molecule has 1 unspecified atom stereocenters. The smallest absolute Gasteiger partial charge is 0.227 e. The van der Waals surface area contributed by atoms with E-state index >= 15 is 0 Å². The number of benzene rings is 2. The average Bonchev–Trinajstić information content (AvgIpc) is 3.22. The molecule has 1 saturated heterocycles. The van der Waals surface area contributed by atoms with E-state index in [-0.39, 0.29) is 23.5 Å². The summed E-state index contributed by atoms with van der Waals surface area (Å²) < 4.78 is 24.6. The van der Waals surface area contributed by atoms with Gasteiger partial charge < -0.3 is 14.2 Å². The molecule has 2 aromatic carbocycles. The summed E-state index contributed by atoms with van der Waals surface area (Å²) in [5.74, 6) is 1.39. The normalized spacial score (nSPS) is 16.5. The molecule has 1 amide bonds. The van der Waals surface area contributed by atoms with Gasteiger partial charge in [-0.25, -0.2) is 4.39 Å². The van der Waals surface area contributed by atoms with Crippen LogP contribution in [0, 0.1) is 11.7 Å². The van der Waals surface area contributed by atoms with Crippen molar-refractivity contribution in [1.29, 1.82) is 0 Å². The van der Waals surface area contributed by atoms with Crippen LogP contribution in [0.15, 0.2) is 53.1 Å². The molecule has 0 spiro atoms. The first-order valence-corrected chi connectivity index (χ1v) is 10.1. The molecule has 0 saturated carbocycles. The molecule has 7 heteroatoms. The second-order valence-electron chi connectivity index (χ2n) is 7.53. The van der Waals surface area contributed by atoms with E-state index in [9.17, 15) is 9.18 Å². The fourth-order valence-electron chi connectivity index (χ4n) is 3.92. The fraction of sp³-hybridized carbons (Fsp3) is 0.348. The number of ether oxygens (including phenoxy) is 1. The maximum absolute atomic E-state index is 13.9. The summed E-state index contributed by atoms with van der Waals surface area (Å²) in [4.78, 5) is 19.1. The van der Waals surface area contributed by atoms with Gasteiger partial charge in [0.25, 0.3) is 0 Å². The number of para-hydroxylation sites is 1. The molecule has 0 radical (unpaired) electrons. The third-order valence-corrected chi connectivity index (χ3v) is 5.45. The molecule has 1 aromatic heterocycles. The van der Waals surface area contributed by atoms with E-state index in [2.05, 4.69) is 10.1 Å². The van der Waals surface area contributed by atoms with Crippen LogP contribution in [0.1, 0.15) is 24.3 Å². The standard InChI is InChI=1S/C23H24FN3O3/c1-29-20-11-5-2-8-17(20)14-22(28)27-12-6-7-16(15-27)13-21-25-23(26-30-21)18-9-3-4-10-19(18)24/h2-5,8-11,16H,6-7,12-15H2,1H3. The van der Waals surface area contributed by atoms with E-state index in [4.69, 9.17) is 9.26 Å². The topological polar surface area (TPSA) is 68.5 Å². The van der Waals surface area contributed by atoms with Crippen molar-refractivity contribution in [3.05, 3.63) is 65.8 Å². The Hall–Kier alpha value is -3.22. The molecule has 4 rings (SSSR count). The van der Waals surface area contributed by atoms with Crippen molar-refractivity contribution in [3.8, 4) is 17.1 Å². The lowest BCUT2D eigenvalue weighted by molar-refractivity contribution is -0.132. The van der Waals surface area contributed by atoms with Crippen molar-refractivity contribution >= 4 is 5.91 Å². The molecule has 2 heterocycles. The third kappa shape index (κ3) is 4.50. The van der Waals surface area contributed by atoms with Gasteiger partial charge in [-0.15, -0.1) is 0 Å². The lowest BCUT2D eigenvalue weighted by atomic mass is 9.94. The summed E-state index contributed by atoms with van der Waals surface area (Å²) in [6.07, 6.45) is 2.79. The van der Waals surface area contributed by atoms with E-state index < -0.39 is 0 Å². The summed E-state index contributed by atoms with van der Waals surface area (Å²) in [6.45, 7) is 1.39. The number of likely N-dealkylation sites (tertiary alicyclic amines) is 1.